The normalized spacial score (nSPS) is 38.1. The highest BCUT2D eigenvalue weighted by Crippen LogP contribution is 2.40. The van der Waals surface area contributed by atoms with Gasteiger partial charge in [-0.05, 0) is 38.4 Å². The summed E-state index contributed by atoms with van der Waals surface area (Å²) < 4.78 is -0.154. The highest BCUT2D eigenvalue weighted by molar-refractivity contribution is 9.09. The van der Waals surface area contributed by atoms with Crippen molar-refractivity contribution in [1.82, 2.24) is 4.90 Å². The molecule has 1 aliphatic carbocycles. The lowest BCUT2D eigenvalue weighted by Crippen LogP contribution is -2.50. The Kier molecular flexibility index (Phi) is 4.45. The van der Waals surface area contributed by atoms with Crippen LogP contribution in [0.25, 0.3) is 0 Å². The largest absolute Gasteiger partial charge is 0.340 e. The summed E-state index contributed by atoms with van der Waals surface area (Å²) >= 11 is 5.59. The van der Waals surface area contributed by atoms with Gasteiger partial charge in [0.2, 0.25) is 5.91 Å². The molecule has 17 heavy (non-hydrogen) atoms. The smallest absolute Gasteiger partial charge is 0.238 e. The van der Waals surface area contributed by atoms with E-state index in [1.54, 1.807) is 0 Å². The first-order chi connectivity index (χ1) is 8.04. The van der Waals surface area contributed by atoms with E-state index in [-0.39, 0.29) is 4.75 Å². The first-order valence-corrected chi connectivity index (χ1v) is 8.50. The van der Waals surface area contributed by atoms with Gasteiger partial charge in [0.1, 0.15) is 0 Å². The van der Waals surface area contributed by atoms with E-state index >= 15 is 0 Å². The number of carbonyl (C=O) groups excluding carboxylic acids is 1. The topological polar surface area (TPSA) is 20.3 Å². The summed E-state index contributed by atoms with van der Waals surface area (Å²) in [5.41, 5.74) is 0. The summed E-state index contributed by atoms with van der Waals surface area (Å²) in [7, 11) is 2.00. The van der Waals surface area contributed by atoms with Crippen LogP contribution in [0.1, 0.15) is 45.4 Å². The van der Waals surface area contributed by atoms with Gasteiger partial charge in [-0.15, -0.1) is 11.8 Å². The fourth-order valence-corrected chi connectivity index (χ4v) is 5.21. The molecular weight excluding hydrogens is 298 g/mol. The van der Waals surface area contributed by atoms with Crippen molar-refractivity contribution in [3.05, 3.63) is 0 Å². The van der Waals surface area contributed by atoms with E-state index in [2.05, 4.69) is 22.9 Å². The standard InChI is InChI=1S/C13H22BrNOS/c1-13(8-5-9-17-13)12(16)15(2)11-7-4-3-6-10(11)14/h10-11H,3-9H2,1-2H3. The van der Waals surface area contributed by atoms with Crippen molar-refractivity contribution in [2.45, 2.75) is 61.1 Å². The first-order valence-electron chi connectivity index (χ1n) is 6.60. The molecule has 0 bridgehead atoms. The van der Waals surface area contributed by atoms with E-state index in [9.17, 15) is 4.79 Å². The van der Waals surface area contributed by atoms with E-state index in [4.69, 9.17) is 0 Å². The second kappa shape index (κ2) is 5.52. The predicted molar refractivity (Wildman–Crippen MR) is 77.8 cm³/mol. The summed E-state index contributed by atoms with van der Waals surface area (Å²) in [5, 5.41) is 0. The molecule has 0 aromatic carbocycles. The molecular formula is C13H22BrNOS. The lowest BCUT2D eigenvalue weighted by atomic mass is 9.93. The molecule has 2 nitrogen and oxygen atoms in total. The van der Waals surface area contributed by atoms with E-state index in [0.717, 1.165) is 18.6 Å². The van der Waals surface area contributed by atoms with Gasteiger partial charge < -0.3 is 4.90 Å². The van der Waals surface area contributed by atoms with E-state index < -0.39 is 0 Å². The third kappa shape index (κ3) is 2.83. The second-order valence-corrected chi connectivity index (χ2v) is 8.24. The van der Waals surface area contributed by atoms with Crippen molar-refractivity contribution in [1.29, 1.82) is 0 Å². The molecule has 1 aliphatic heterocycles. The molecule has 0 aromatic heterocycles. The molecule has 0 aromatic rings. The van der Waals surface area contributed by atoms with Gasteiger partial charge in [-0.2, -0.15) is 0 Å². The number of nitrogens with zero attached hydrogens (tertiary/aromatic N) is 1. The average molecular weight is 320 g/mol. The van der Waals surface area contributed by atoms with E-state index in [1.807, 2.05) is 23.7 Å². The minimum Gasteiger partial charge on any atom is -0.340 e. The highest BCUT2D eigenvalue weighted by Gasteiger charge is 2.42. The Balaban J connectivity index is 2.03. The molecule has 1 saturated carbocycles. The maximum absolute atomic E-state index is 12.6. The Bertz CT molecular complexity index is 291. The van der Waals surface area contributed by atoms with Crippen LogP contribution in [0.3, 0.4) is 0 Å². The van der Waals surface area contributed by atoms with Crippen LogP contribution in [0, 0.1) is 0 Å². The zero-order chi connectivity index (χ0) is 12.5. The van der Waals surface area contributed by atoms with Gasteiger partial charge in [0.25, 0.3) is 0 Å². The zero-order valence-electron chi connectivity index (χ0n) is 10.7. The summed E-state index contributed by atoms with van der Waals surface area (Å²) in [5.74, 6) is 1.48. The van der Waals surface area contributed by atoms with E-state index in [0.29, 0.717) is 16.8 Å². The lowest BCUT2D eigenvalue weighted by Gasteiger charge is -2.38. The van der Waals surface area contributed by atoms with Gasteiger partial charge in [-0.3, -0.25) is 4.79 Å². The Morgan fingerprint density at radius 3 is 2.65 bits per heavy atom. The van der Waals surface area contributed by atoms with Crippen molar-refractivity contribution < 1.29 is 4.79 Å². The summed E-state index contributed by atoms with van der Waals surface area (Å²) in [6.45, 7) is 2.12. The van der Waals surface area contributed by atoms with Crippen molar-refractivity contribution in [3.8, 4) is 0 Å². The van der Waals surface area contributed by atoms with Crippen LogP contribution >= 0.6 is 27.7 Å². The SMILES string of the molecule is CN(C(=O)C1(C)CCCS1)C1CCCCC1Br. The molecule has 1 amide bonds. The average Bonchev–Trinajstić information content (AvgIpc) is 2.76. The third-order valence-electron chi connectivity index (χ3n) is 4.14. The Morgan fingerprint density at radius 1 is 1.35 bits per heavy atom. The van der Waals surface area contributed by atoms with Gasteiger partial charge in [-0.25, -0.2) is 0 Å². The number of hydrogen-bond acceptors (Lipinski definition) is 2. The van der Waals surface area contributed by atoms with Gasteiger partial charge >= 0.3 is 0 Å². The minimum atomic E-state index is -0.154. The number of rotatable bonds is 2. The molecule has 0 N–H and O–H groups in total. The zero-order valence-corrected chi connectivity index (χ0v) is 13.1. The van der Waals surface area contributed by atoms with Crippen molar-refractivity contribution in [2.24, 2.45) is 0 Å². The summed E-state index contributed by atoms with van der Waals surface area (Å²) in [6.07, 6.45) is 7.13. The Labute approximate surface area is 117 Å². The Hall–Kier alpha value is 0.300. The number of hydrogen-bond donors (Lipinski definition) is 0. The van der Waals surface area contributed by atoms with Gasteiger partial charge in [0.15, 0.2) is 0 Å². The number of thioether (sulfide) groups is 1. The number of carbonyl (C=O) groups is 1. The van der Waals surface area contributed by atoms with Crippen molar-refractivity contribution in [3.63, 3.8) is 0 Å². The van der Waals surface area contributed by atoms with Gasteiger partial charge in [0.05, 0.1) is 4.75 Å². The molecule has 0 radical (unpaired) electrons. The quantitative estimate of drug-likeness (QED) is 0.727. The Morgan fingerprint density at radius 2 is 2.06 bits per heavy atom. The first kappa shape index (κ1) is 13.7. The summed E-state index contributed by atoms with van der Waals surface area (Å²) in [6, 6.07) is 0.397. The maximum atomic E-state index is 12.6. The lowest BCUT2D eigenvalue weighted by molar-refractivity contribution is -0.134. The van der Waals surface area contributed by atoms with Gasteiger partial charge in [-0.1, -0.05) is 28.8 Å². The molecule has 4 heteroatoms. The highest BCUT2D eigenvalue weighted by atomic mass is 79.9. The molecule has 3 unspecified atom stereocenters. The van der Waals surface area contributed by atoms with Crippen LogP contribution in [-0.4, -0.2) is 39.2 Å². The number of alkyl halides is 1. The summed E-state index contributed by atoms with van der Waals surface area (Å²) in [4.78, 5) is 15.1. The maximum Gasteiger partial charge on any atom is 0.238 e. The number of amides is 1. The molecule has 2 fully saturated rings. The fourth-order valence-electron chi connectivity index (χ4n) is 2.97. The molecule has 0 spiro atoms. The van der Waals surface area contributed by atoms with Gasteiger partial charge in [0, 0.05) is 17.9 Å². The number of halogens is 1. The van der Waals surface area contributed by atoms with Crippen LogP contribution in [-0.2, 0) is 4.79 Å². The predicted octanol–water partition coefficient (Wildman–Crippen LogP) is 3.44. The molecule has 1 saturated heterocycles. The second-order valence-electron chi connectivity index (χ2n) is 5.47. The van der Waals surface area contributed by atoms with Crippen LogP contribution < -0.4 is 0 Å². The van der Waals surface area contributed by atoms with Crippen molar-refractivity contribution >= 4 is 33.6 Å². The third-order valence-corrected chi connectivity index (χ3v) is 6.71. The molecule has 98 valence electrons. The van der Waals surface area contributed by atoms with Crippen LogP contribution in [0.15, 0.2) is 0 Å². The molecule has 1 heterocycles. The van der Waals surface area contributed by atoms with Crippen molar-refractivity contribution in [2.75, 3.05) is 12.8 Å². The monoisotopic (exact) mass is 319 g/mol. The molecule has 2 rings (SSSR count). The molecule has 2 aliphatic rings. The van der Waals surface area contributed by atoms with Crippen LogP contribution in [0.2, 0.25) is 0 Å². The molecule has 3 atom stereocenters. The van der Waals surface area contributed by atoms with E-state index in [1.165, 1.54) is 25.7 Å². The van der Waals surface area contributed by atoms with Crippen LogP contribution in [0.4, 0.5) is 0 Å². The fraction of sp³-hybridized carbons (Fsp3) is 0.923. The minimum absolute atomic E-state index is 0.154. The van der Waals surface area contributed by atoms with Crippen LogP contribution in [0.5, 0.6) is 0 Å².